The molecule has 1 saturated heterocycles. The molecular formula is C16H22O13Si. The summed E-state index contributed by atoms with van der Waals surface area (Å²) in [5.74, 6) is -5.70. The number of hydrogen-bond acceptors (Lipinski definition) is 13. The van der Waals surface area contributed by atoms with E-state index in [1.165, 1.54) is 0 Å². The highest BCUT2D eigenvalue weighted by Crippen LogP contribution is 2.35. The van der Waals surface area contributed by atoms with Crippen LogP contribution in [-0.2, 0) is 61.0 Å². The molecule has 0 aromatic rings. The highest BCUT2D eigenvalue weighted by Gasteiger charge is 2.71. The molecule has 0 saturated carbocycles. The highest BCUT2D eigenvalue weighted by atomic mass is 28.4. The molecule has 1 heterocycles. The first kappa shape index (κ1) is 25.0. The van der Waals surface area contributed by atoms with Crippen molar-refractivity contribution in [3.05, 3.63) is 0 Å². The lowest BCUT2D eigenvalue weighted by atomic mass is 10.2. The molecule has 0 aliphatic carbocycles. The maximum absolute atomic E-state index is 11.7. The molecule has 13 nitrogen and oxygen atoms in total. The van der Waals surface area contributed by atoms with Crippen molar-refractivity contribution in [2.45, 2.75) is 65.8 Å². The summed E-state index contributed by atoms with van der Waals surface area (Å²) in [6.07, 6.45) is -5.18. The average Bonchev–Trinajstić information content (AvgIpc) is 2.51. The molecule has 1 aliphatic heterocycles. The minimum Gasteiger partial charge on any atom is -0.462 e. The van der Waals surface area contributed by atoms with Crippen LogP contribution in [0.15, 0.2) is 0 Å². The van der Waals surface area contributed by atoms with Gasteiger partial charge in [0.15, 0.2) is 6.10 Å². The van der Waals surface area contributed by atoms with Crippen LogP contribution in [-0.4, -0.2) is 68.8 Å². The molecule has 0 spiro atoms. The van der Waals surface area contributed by atoms with Crippen LogP contribution in [0.1, 0.15) is 41.5 Å². The maximum atomic E-state index is 11.7. The number of esters is 4. The smallest absolute Gasteiger partial charge is 0.462 e. The van der Waals surface area contributed by atoms with Crippen molar-refractivity contribution in [1.82, 2.24) is 0 Å². The Morgan fingerprint density at radius 3 is 1.33 bits per heavy atom. The second kappa shape index (κ2) is 10.2. The summed E-state index contributed by atoms with van der Waals surface area (Å²) in [4.78, 5) is 70.1. The summed E-state index contributed by atoms with van der Waals surface area (Å²) < 4.78 is 36.0. The first-order valence-electron chi connectivity index (χ1n) is 8.53. The lowest BCUT2D eigenvalue weighted by Gasteiger charge is -2.45. The van der Waals surface area contributed by atoms with Crippen LogP contribution >= 0.6 is 0 Å². The van der Waals surface area contributed by atoms with E-state index in [0.29, 0.717) is 0 Å². The van der Waals surface area contributed by atoms with Gasteiger partial charge in [0.1, 0.15) is 0 Å². The quantitative estimate of drug-likeness (QED) is 0.283. The molecule has 4 atom stereocenters. The Kier molecular flexibility index (Phi) is 8.47. The third-order valence-electron chi connectivity index (χ3n) is 3.27. The molecule has 30 heavy (non-hydrogen) atoms. The summed E-state index contributed by atoms with van der Waals surface area (Å²) in [5.41, 5.74) is -1.82. The minimum absolute atomic E-state index is 0.895. The van der Waals surface area contributed by atoms with E-state index < -0.39 is 68.8 Å². The Bertz CT molecular complexity index is 717. The fourth-order valence-corrected chi connectivity index (χ4v) is 5.40. The van der Waals surface area contributed by atoms with E-state index in [1.807, 2.05) is 0 Å². The van der Waals surface area contributed by atoms with Crippen molar-refractivity contribution in [2.75, 3.05) is 0 Å². The summed E-state index contributed by atoms with van der Waals surface area (Å²) in [6, 6.07) is 0. The zero-order chi connectivity index (χ0) is 23.2. The van der Waals surface area contributed by atoms with E-state index in [1.54, 1.807) is 0 Å². The zero-order valence-corrected chi connectivity index (χ0v) is 18.1. The van der Waals surface area contributed by atoms with Gasteiger partial charge in [-0.3, -0.25) is 28.8 Å². The number of hydrogen-bond donors (Lipinski definition) is 0. The third kappa shape index (κ3) is 6.80. The maximum Gasteiger partial charge on any atom is 0.686 e. The van der Waals surface area contributed by atoms with Crippen molar-refractivity contribution in [3.8, 4) is 0 Å². The van der Waals surface area contributed by atoms with Gasteiger partial charge in [-0.1, -0.05) is 0 Å². The molecular weight excluding hydrogens is 428 g/mol. The monoisotopic (exact) mass is 450 g/mol. The zero-order valence-electron chi connectivity index (χ0n) is 17.1. The van der Waals surface area contributed by atoms with Gasteiger partial charge in [0.2, 0.25) is 18.1 Å². The molecule has 0 amide bonds. The molecule has 0 radical (unpaired) electrons. The first-order chi connectivity index (χ1) is 13.8. The van der Waals surface area contributed by atoms with E-state index in [2.05, 4.69) is 0 Å². The van der Waals surface area contributed by atoms with Crippen molar-refractivity contribution in [1.29, 1.82) is 0 Å². The Balaban J connectivity index is 3.69. The predicted molar refractivity (Wildman–Crippen MR) is 92.6 cm³/mol. The van der Waals surface area contributed by atoms with Gasteiger partial charge in [0, 0.05) is 41.5 Å². The van der Waals surface area contributed by atoms with Crippen LogP contribution < -0.4 is 0 Å². The average molecular weight is 450 g/mol. The molecule has 1 aliphatic rings. The van der Waals surface area contributed by atoms with Gasteiger partial charge in [0.05, 0.1) is 0 Å². The second-order valence-corrected chi connectivity index (χ2v) is 8.48. The van der Waals surface area contributed by atoms with Gasteiger partial charge < -0.3 is 32.2 Å². The largest absolute Gasteiger partial charge is 0.686 e. The van der Waals surface area contributed by atoms with Crippen molar-refractivity contribution in [2.24, 2.45) is 0 Å². The third-order valence-corrected chi connectivity index (χ3v) is 6.12. The number of ether oxygens (including phenoxy) is 4. The van der Waals surface area contributed by atoms with Gasteiger partial charge in [0.25, 0.3) is 11.9 Å². The molecule has 4 unspecified atom stereocenters. The summed E-state index contributed by atoms with van der Waals surface area (Å²) in [7, 11) is -4.74. The van der Waals surface area contributed by atoms with Crippen LogP contribution in [0.3, 0.4) is 0 Å². The van der Waals surface area contributed by atoms with Crippen LogP contribution in [0.5, 0.6) is 0 Å². The van der Waals surface area contributed by atoms with Gasteiger partial charge in [-0.15, -0.1) is 0 Å². The Labute approximate surface area is 172 Å². The summed E-state index contributed by atoms with van der Waals surface area (Å²) in [6.45, 7) is 5.87. The van der Waals surface area contributed by atoms with Gasteiger partial charge >= 0.3 is 32.7 Å². The topological polar surface area (TPSA) is 167 Å². The number of carbonyl (C=O) groups is 6. The molecule has 1 rings (SSSR count). The molecule has 1 fully saturated rings. The fraction of sp³-hybridized carbons (Fsp3) is 0.625. The Morgan fingerprint density at radius 2 is 0.967 bits per heavy atom. The lowest BCUT2D eigenvalue weighted by molar-refractivity contribution is -0.247. The van der Waals surface area contributed by atoms with Gasteiger partial charge in [-0.05, 0) is 0 Å². The van der Waals surface area contributed by atoms with E-state index in [0.717, 1.165) is 41.5 Å². The van der Waals surface area contributed by atoms with E-state index in [9.17, 15) is 28.8 Å². The van der Waals surface area contributed by atoms with Gasteiger partial charge in [-0.25, -0.2) is 0 Å². The van der Waals surface area contributed by atoms with Crippen molar-refractivity contribution >= 4 is 44.6 Å². The number of rotatable bonds is 6. The standard InChI is InChI=1S/C16H22O13Si/c1-7(17)23-13-14(24-8(2)18)16(26-10(4)20)30(27-11(5)21,28-12(6)22)29-15(13)25-9(3)19/h13-16H,1-6H3. The molecule has 168 valence electrons. The van der Waals surface area contributed by atoms with Crippen molar-refractivity contribution < 1.29 is 61.0 Å². The first-order valence-corrected chi connectivity index (χ1v) is 10.3. The Morgan fingerprint density at radius 1 is 0.567 bits per heavy atom. The summed E-state index contributed by atoms with van der Waals surface area (Å²) >= 11 is 0. The molecule has 0 N–H and O–H groups in total. The lowest BCUT2D eigenvalue weighted by Crippen LogP contribution is -2.73. The van der Waals surface area contributed by atoms with Crippen molar-refractivity contribution in [3.63, 3.8) is 0 Å². The second-order valence-electron chi connectivity index (χ2n) is 6.06. The van der Waals surface area contributed by atoms with E-state index >= 15 is 0 Å². The molecule has 0 aromatic heterocycles. The predicted octanol–water partition coefficient (Wildman–Crippen LogP) is -0.695. The Hall–Kier alpha value is -3.00. The fourth-order valence-electron chi connectivity index (χ4n) is 2.62. The SMILES string of the molecule is CC(=O)OC1O[Si](OC(C)=O)(OC(C)=O)C(OC(C)=O)C(OC(C)=O)C1OC(C)=O. The summed E-state index contributed by atoms with van der Waals surface area (Å²) in [5, 5.41) is 0. The van der Waals surface area contributed by atoms with Crippen LogP contribution in [0.2, 0.25) is 0 Å². The molecule has 14 heteroatoms. The number of carbonyl (C=O) groups excluding carboxylic acids is 6. The van der Waals surface area contributed by atoms with Crippen LogP contribution in [0.4, 0.5) is 0 Å². The van der Waals surface area contributed by atoms with E-state index in [4.69, 9.17) is 32.2 Å². The van der Waals surface area contributed by atoms with Crippen LogP contribution in [0.25, 0.3) is 0 Å². The van der Waals surface area contributed by atoms with Crippen LogP contribution in [0, 0.1) is 0 Å². The van der Waals surface area contributed by atoms with Gasteiger partial charge in [-0.2, -0.15) is 0 Å². The minimum atomic E-state index is -4.74. The van der Waals surface area contributed by atoms with E-state index in [-0.39, 0.29) is 0 Å². The normalized spacial score (nSPS) is 24.6. The highest BCUT2D eigenvalue weighted by molar-refractivity contribution is 6.66. The molecule has 0 bridgehead atoms. The molecule has 0 aromatic carbocycles.